The monoisotopic (exact) mass is 623 g/mol. The number of pyridine rings is 1. The van der Waals surface area contributed by atoms with E-state index in [0.29, 0.717) is 0 Å². The third-order valence-electron chi connectivity index (χ3n) is 5.12. The summed E-state index contributed by atoms with van der Waals surface area (Å²) in [6.07, 6.45) is 1.33. The Bertz CT molecular complexity index is 1130. The molecular weight excluding hydrogens is 587 g/mol. The van der Waals surface area contributed by atoms with E-state index in [2.05, 4.69) is 63.2 Å². The maximum atomic E-state index is 11.5. The molecule has 3 nitrogen and oxygen atoms in total. The number of fused-ring (bicyclic) bond motifs is 1. The van der Waals surface area contributed by atoms with Crippen molar-refractivity contribution in [1.82, 2.24) is 4.98 Å². The Morgan fingerprint density at radius 1 is 0.939 bits per heavy atom. The Morgan fingerprint density at radius 2 is 1.55 bits per heavy atom. The molecule has 0 aliphatic heterocycles. The number of hydrogen-bond acceptors (Lipinski definition) is 3. The van der Waals surface area contributed by atoms with Crippen LogP contribution in [0.5, 0.6) is 0 Å². The molecule has 1 aromatic heterocycles. The van der Waals surface area contributed by atoms with Gasteiger partial charge in [-0.2, -0.15) is 0 Å². The summed E-state index contributed by atoms with van der Waals surface area (Å²) in [6, 6.07) is 18.1. The van der Waals surface area contributed by atoms with E-state index in [0.717, 1.165) is 22.3 Å². The van der Waals surface area contributed by atoms with Gasteiger partial charge in [-0.1, -0.05) is 79.7 Å². The van der Waals surface area contributed by atoms with Crippen LogP contribution in [-0.2, 0) is 24.9 Å². The van der Waals surface area contributed by atoms with Gasteiger partial charge in [0.2, 0.25) is 0 Å². The van der Waals surface area contributed by atoms with Gasteiger partial charge in [-0.05, 0) is 24.2 Å². The molecule has 0 amide bonds. The largest absolute Gasteiger partial charge is 0.512 e. The van der Waals surface area contributed by atoms with Gasteiger partial charge < -0.3 is 5.11 Å². The van der Waals surface area contributed by atoms with Gasteiger partial charge >= 0.3 is 0 Å². The molecular formula is C29H36IrNO2-. The smallest absolute Gasteiger partial charge is 0.164 e. The number of benzene rings is 2. The van der Waals surface area contributed by atoms with E-state index in [1.807, 2.05) is 47.6 Å². The molecule has 0 fully saturated rings. The third-order valence-corrected chi connectivity index (χ3v) is 5.12. The molecule has 0 bridgehead atoms. The van der Waals surface area contributed by atoms with E-state index < -0.39 is 5.41 Å². The number of allylic oxidation sites excluding steroid dienone is 2. The van der Waals surface area contributed by atoms with Gasteiger partial charge in [-0.15, -0.1) is 34.9 Å². The van der Waals surface area contributed by atoms with Crippen molar-refractivity contribution >= 4 is 16.7 Å². The molecule has 4 heteroatoms. The van der Waals surface area contributed by atoms with E-state index in [-0.39, 0.29) is 37.1 Å². The quantitative estimate of drug-likeness (QED) is 0.181. The van der Waals surface area contributed by atoms with Crippen molar-refractivity contribution in [3.63, 3.8) is 0 Å². The fourth-order valence-corrected chi connectivity index (χ4v) is 3.08. The second-order valence-corrected chi connectivity index (χ2v) is 10.5. The Morgan fingerprint density at radius 3 is 2.09 bits per heavy atom. The standard InChI is InChI=1S/C18H16N.C11H20O2.Ir/c1-12-8-13(2)10-15(9-12)18-11-14(3)16-6-4-5-7-17(16)19-18;1-10(2,3)8(12)7-9(13)11(4,5)6;/h4-9,11H,1-3H3;7,12H,1-6H3;/q-1;;/b;8-7-;. The number of nitrogens with zero attached hydrogens (tertiary/aromatic N) is 1. The summed E-state index contributed by atoms with van der Waals surface area (Å²) in [6.45, 7) is 17.4. The van der Waals surface area contributed by atoms with Crippen LogP contribution in [-0.4, -0.2) is 15.9 Å². The number of rotatable bonds is 2. The van der Waals surface area contributed by atoms with Crippen molar-refractivity contribution in [2.45, 2.75) is 62.3 Å². The fourth-order valence-electron chi connectivity index (χ4n) is 3.08. The first-order valence-corrected chi connectivity index (χ1v) is 11.0. The number of carbonyl (C=O) groups excluding carboxylic acids is 1. The Hall–Kier alpha value is -2.29. The average molecular weight is 623 g/mol. The van der Waals surface area contributed by atoms with Crippen molar-refractivity contribution in [2.24, 2.45) is 10.8 Å². The molecule has 0 unspecified atom stereocenters. The van der Waals surface area contributed by atoms with Crippen LogP contribution in [0.25, 0.3) is 22.2 Å². The summed E-state index contributed by atoms with van der Waals surface area (Å²) in [5.41, 5.74) is 6.02. The summed E-state index contributed by atoms with van der Waals surface area (Å²) < 4.78 is 0. The second-order valence-electron chi connectivity index (χ2n) is 10.5. The fraction of sp³-hybridized carbons (Fsp3) is 0.379. The number of aromatic nitrogens is 1. The van der Waals surface area contributed by atoms with Gasteiger partial charge in [0.1, 0.15) is 5.76 Å². The predicted molar refractivity (Wildman–Crippen MR) is 135 cm³/mol. The zero-order valence-corrected chi connectivity index (χ0v) is 23.6. The second kappa shape index (κ2) is 11.2. The Balaban J connectivity index is 0.000000346. The van der Waals surface area contributed by atoms with Crippen molar-refractivity contribution in [3.8, 4) is 11.3 Å². The predicted octanol–water partition coefficient (Wildman–Crippen LogP) is 7.71. The first-order chi connectivity index (χ1) is 14.7. The molecule has 179 valence electrons. The van der Waals surface area contributed by atoms with Gasteiger partial charge in [0, 0.05) is 42.4 Å². The molecule has 3 rings (SSSR count). The van der Waals surface area contributed by atoms with Crippen LogP contribution < -0.4 is 0 Å². The van der Waals surface area contributed by atoms with E-state index >= 15 is 0 Å². The first kappa shape index (κ1) is 28.7. The maximum Gasteiger partial charge on any atom is 0.164 e. The van der Waals surface area contributed by atoms with Gasteiger partial charge in [0.25, 0.3) is 0 Å². The molecule has 2 aromatic carbocycles. The molecule has 0 spiro atoms. The molecule has 0 saturated heterocycles. The zero-order chi connectivity index (χ0) is 24.3. The summed E-state index contributed by atoms with van der Waals surface area (Å²) in [5.74, 6) is 0.104. The topological polar surface area (TPSA) is 50.2 Å². The minimum absolute atomic E-state index is 0. The van der Waals surface area contributed by atoms with Crippen molar-refractivity contribution in [2.75, 3.05) is 0 Å². The van der Waals surface area contributed by atoms with Gasteiger partial charge in [0.15, 0.2) is 5.78 Å². The van der Waals surface area contributed by atoms with E-state index in [1.54, 1.807) is 0 Å². The molecule has 0 atom stereocenters. The zero-order valence-electron chi connectivity index (χ0n) is 21.3. The molecule has 1 radical (unpaired) electrons. The maximum absolute atomic E-state index is 11.5. The number of aliphatic hydroxyl groups is 1. The van der Waals surface area contributed by atoms with Crippen molar-refractivity contribution < 1.29 is 30.0 Å². The van der Waals surface area contributed by atoms with Crippen LogP contribution in [0, 0.1) is 37.7 Å². The third kappa shape index (κ3) is 8.21. The van der Waals surface area contributed by atoms with E-state index in [4.69, 9.17) is 4.98 Å². The number of hydrogen-bond donors (Lipinski definition) is 1. The van der Waals surface area contributed by atoms with Crippen LogP contribution >= 0.6 is 0 Å². The van der Waals surface area contributed by atoms with Crippen LogP contribution in [0.1, 0.15) is 58.2 Å². The Kier molecular flexibility index (Phi) is 9.78. The van der Waals surface area contributed by atoms with Gasteiger partial charge in [-0.3, -0.25) is 9.78 Å². The number of aliphatic hydroxyl groups excluding tert-OH is 1. The number of para-hydroxylation sites is 1. The minimum atomic E-state index is -0.417. The molecule has 1 heterocycles. The number of ketones is 1. The van der Waals surface area contributed by atoms with Crippen molar-refractivity contribution in [1.29, 1.82) is 0 Å². The molecule has 3 aromatic rings. The summed E-state index contributed by atoms with van der Waals surface area (Å²) in [5, 5.41) is 10.8. The molecule has 1 N–H and O–H groups in total. The Labute approximate surface area is 212 Å². The summed E-state index contributed by atoms with van der Waals surface area (Å²) in [4.78, 5) is 16.2. The van der Waals surface area contributed by atoms with E-state index in [9.17, 15) is 9.90 Å². The number of aryl methyl sites for hydroxylation is 3. The summed E-state index contributed by atoms with van der Waals surface area (Å²) >= 11 is 0. The minimum Gasteiger partial charge on any atom is -0.512 e. The van der Waals surface area contributed by atoms with Crippen LogP contribution in [0.15, 0.2) is 54.3 Å². The van der Waals surface area contributed by atoms with Crippen LogP contribution in [0.4, 0.5) is 0 Å². The number of carbonyl (C=O) groups is 1. The average Bonchev–Trinajstić information content (AvgIpc) is 2.66. The first-order valence-electron chi connectivity index (χ1n) is 11.0. The van der Waals surface area contributed by atoms with Crippen LogP contribution in [0.2, 0.25) is 0 Å². The molecule has 0 saturated carbocycles. The van der Waals surface area contributed by atoms with Gasteiger partial charge in [0.05, 0.1) is 5.52 Å². The molecule has 33 heavy (non-hydrogen) atoms. The SMILES string of the molecule is CC(C)(C)C(=O)/C=C(\O)C(C)(C)C.Cc1[c-]c(-c2cc(C)c3ccccc3n2)cc(C)c1.[Ir]. The molecule has 0 aliphatic carbocycles. The molecule has 0 aliphatic rings. The van der Waals surface area contributed by atoms with Gasteiger partial charge in [-0.25, -0.2) is 0 Å². The summed E-state index contributed by atoms with van der Waals surface area (Å²) in [7, 11) is 0. The van der Waals surface area contributed by atoms with Crippen molar-refractivity contribution in [3.05, 3.63) is 77.1 Å². The normalized spacial score (nSPS) is 12.0. The van der Waals surface area contributed by atoms with Crippen LogP contribution in [0.3, 0.4) is 0 Å². The van der Waals surface area contributed by atoms with E-state index in [1.165, 1.54) is 22.6 Å².